The molecule has 124 valence electrons. The van der Waals surface area contributed by atoms with Gasteiger partial charge in [-0.25, -0.2) is 4.98 Å². The third-order valence-electron chi connectivity index (χ3n) is 3.89. The normalized spacial score (nSPS) is 13.0. The van der Waals surface area contributed by atoms with Crippen molar-refractivity contribution in [2.24, 2.45) is 4.99 Å². The Labute approximate surface area is 138 Å². The zero-order chi connectivity index (χ0) is 16.8. The minimum Gasteiger partial charge on any atom is -0.444 e. The van der Waals surface area contributed by atoms with Gasteiger partial charge in [0.2, 0.25) is 5.89 Å². The smallest absolute Gasteiger partial charge is 0.214 e. The number of benzene rings is 1. The van der Waals surface area contributed by atoms with Crippen LogP contribution in [0.2, 0.25) is 0 Å². The molecule has 5 heteroatoms. The Morgan fingerprint density at radius 1 is 1.26 bits per heavy atom. The van der Waals surface area contributed by atoms with Gasteiger partial charge in [-0.2, -0.15) is 0 Å². The number of aliphatic imine (C=N–C) groups is 1. The van der Waals surface area contributed by atoms with Gasteiger partial charge >= 0.3 is 0 Å². The number of nitrogens with one attached hydrogen (secondary N) is 2. The van der Waals surface area contributed by atoms with E-state index < -0.39 is 0 Å². The molecule has 2 aromatic rings. The molecule has 2 rings (SSSR count). The fourth-order valence-electron chi connectivity index (χ4n) is 2.34. The number of rotatable bonds is 5. The summed E-state index contributed by atoms with van der Waals surface area (Å²) in [5, 5.41) is 6.58. The first-order valence-corrected chi connectivity index (χ1v) is 7.93. The quantitative estimate of drug-likeness (QED) is 0.658. The minimum atomic E-state index is 0.402. The first-order chi connectivity index (χ1) is 11.0. The summed E-state index contributed by atoms with van der Waals surface area (Å²) in [6, 6.07) is 8.60. The van der Waals surface area contributed by atoms with Crippen molar-refractivity contribution in [2.75, 3.05) is 13.6 Å². The van der Waals surface area contributed by atoms with Crippen molar-refractivity contribution in [2.45, 2.75) is 40.2 Å². The third-order valence-corrected chi connectivity index (χ3v) is 3.89. The number of nitrogens with zero attached hydrogens (tertiary/aromatic N) is 2. The lowest BCUT2D eigenvalue weighted by atomic mass is 9.99. The highest BCUT2D eigenvalue weighted by molar-refractivity contribution is 5.79. The highest BCUT2D eigenvalue weighted by atomic mass is 16.4. The van der Waals surface area contributed by atoms with Gasteiger partial charge in [0.25, 0.3) is 0 Å². The molecular formula is C18H26N4O. The SMILES string of the molecule is CN=C(NCc1nc(C)c(C)o1)NCC(C)c1cccc(C)c1. The van der Waals surface area contributed by atoms with Gasteiger partial charge in [0.1, 0.15) is 5.76 Å². The minimum absolute atomic E-state index is 0.402. The Morgan fingerprint density at radius 2 is 2.04 bits per heavy atom. The van der Waals surface area contributed by atoms with Crippen molar-refractivity contribution < 1.29 is 4.42 Å². The molecule has 2 N–H and O–H groups in total. The molecule has 1 aromatic carbocycles. The van der Waals surface area contributed by atoms with E-state index in [4.69, 9.17) is 4.42 Å². The Morgan fingerprint density at radius 3 is 2.65 bits per heavy atom. The van der Waals surface area contributed by atoms with E-state index in [0.717, 1.165) is 24.0 Å². The average molecular weight is 314 g/mol. The van der Waals surface area contributed by atoms with Crippen LogP contribution in [0.25, 0.3) is 0 Å². The molecule has 5 nitrogen and oxygen atoms in total. The van der Waals surface area contributed by atoms with Gasteiger partial charge in [0, 0.05) is 13.6 Å². The largest absolute Gasteiger partial charge is 0.444 e. The molecule has 0 radical (unpaired) electrons. The van der Waals surface area contributed by atoms with E-state index in [0.29, 0.717) is 18.4 Å². The predicted octanol–water partition coefficient (Wildman–Crippen LogP) is 3.07. The maximum Gasteiger partial charge on any atom is 0.214 e. The summed E-state index contributed by atoms with van der Waals surface area (Å²) in [6.45, 7) is 9.52. The molecule has 0 bridgehead atoms. The lowest BCUT2D eigenvalue weighted by Gasteiger charge is -2.16. The van der Waals surface area contributed by atoms with Gasteiger partial charge in [-0.1, -0.05) is 36.8 Å². The van der Waals surface area contributed by atoms with E-state index in [1.165, 1.54) is 11.1 Å². The van der Waals surface area contributed by atoms with E-state index >= 15 is 0 Å². The summed E-state index contributed by atoms with van der Waals surface area (Å²) < 4.78 is 5.56. The van der Waals surface area contributed by atoms with E-state index in [1.807, 2.05) is 13.8 Å². The highest BCUT2D eigenvalue weighted by Crippen LogP contribution is 2.15. The van der Waals surface area contributed by atoms with Crippen LogP contribution in [0, 0.1) is 20.8 Å². The molecule has 1 unspecified atom stereocenters. The second-order valence-electron chi connectivity index (χ2n) is 5.87. The lowest BCUT2D eigenvalue weighted by molar-refractivity contribution is 0.463. The second-order valence-corrected chi connectivity index (χ2v) is 5.87. The zero-order valence-electron chi connectivity index (χ0n) is 14.6. The van der Waals surface area contributed by atoms with Gasteiger partial charge in [-0.15, -0.1) is 0 Å². The van der Waals surface area contributed by atoms with Crippen LogP contribution >= 0.6 is 0 Å². The number of hydrogen-bond donors (Lipinski definition) is 2. The molecule has 1 atom stereocenters. The summed E-state index contributed by atoms with van der Waals surface area (Å²) in [4.78, 5) is 8.60. The third kappa shape index (κ3) is 4.84. The monoisotopic (exact) mass is 314 g/mol. The van der Waals surface area contributed by atoms with Crippen LogP contribution < -0.4 is 10.6 Å². The Kier molecular flexibility index (Phi) is 5.79. The predicted molar refractivity (Wildman–Crippen MR) is 93.8 cm³/mol. The molecule has 0 saturated heterocycles. The average Bonchev–Trinajstić information content (AvgIpc) is 2.85. The summed E-state index contributed by atoms with van der Waals surface area (Å²) in [5.74, 6) is 2.69. The van der Waals surface area contributed by atoms with Gasteiger partial charge < -0.3 is 15.1 Å². The molecular weight excluding hydrogens is 288 g/mol. The van der Waals surface area contributed by atoms with Gasteiger partial charge in [0.15, 0.2) is 5.96 Å². The van der Waals surface area contributed by atoms with Crippen LogP contribution in [0.3, 0.4) is 0 Å². The van der Waals surface area contributed by atoms with E-state index in [2.05, 4.69) is 58.7 Å². The number of hydrogen-bond acceptors (Lipinski definition) is 3. The van der Waals surface area contributed by atoms with E-state index in [-0.39, 0.29) is 0 Å². The van der Waals surface area contributed by atoms with Gasteiger partial charge in [-0.05, 0) is 32.3 Å². The molecule has 0 amide bonds. The summed E-state index contributed by atoms with van der Waals surface area (Å²) in [5.41, 5.74) is 3.54. The number of aromatic nitrogens is 1. The molecule has 1 heterocycles. The Bertz CT molecular complexity index is 656. The van der Waals surface area contributed by atoms with Crippen molar-refractivity contribution >= 4 is 5.96 Å². The summed E-state index contributed by atoms with van der Waals surface area (Å²) >= 11 is 0. The molecule has 0 aliphatic carbocycles. The van der Waals surface area contributed by atoms with Crippen LogP contribution in [0.5, 0.6) is 0 Å². The molecule has 0 spiro atoms. The Hall–Kier alpha value is -2.30. The van der Waals surface area contributed by atoms with Crippen LogP contribution in [0.4, 0.5) is 0 Å². The maximum atomic E-state index is 5.56. The number of oxazole rings is 1. The van der Waals surface area contributed by atoms with Gasteiger partial charge in [0.05, 0.1) is 12.2 Å². The number of guanidine groups is 1. The van der Waals surface area contributed by atoms with Crippen LogP contribution in [0.15, 0.2) is 33.7 Å². The molecule has 0 saturated carbocycles. The molecule has 0 aliphatic heterocycles. The van der Waals surface area contributed by atoms with Crippen molar-refractivity contribution in [3.05, 3.63) is 52.7 Å². The number of aryl methyl sites for hydroxylation is 3. The van der Waals surface area contributed by atoms with Gasteiger partial charge in [-0.3, -0.25) is 4.99 Å². The standard InChI is InChI=1S/C18H26N4O/c1-12-7-6-8-16(9-12)13(2)10-20-18(19-5)21-11-17-22-14(3)15(4)23-17/h6-9,13H,10-11H2,1-5H3,(H2,19,20,21). The fourth-order valence-corrected chi connectivity index (χ4v) is 2.34. The van der Waals surface area contributed by atoms with E-state index in [9.17, 15) is 0 Å². The zero-order valence-corrected chi connectivity index (χ0v) is 14.6. The maximum absolute atomic E-state index is 5.56. The second kappa shape index (κ2) is 7.81. The topological polar surface area (TPSA) is 62.5 Å². The highest BCUT2D eigenvalue weighted by Gasteiger charge is 2.09. The lowest BCUT2D eigenvalue weighted by Crippen LogP contribution is -2.38. The van der Waals surface area contributed by atoms with Crippen molar-refractivity contribution in [3.63, 3.8) is 0 Å². The molecule has 1 aromatic heterocycles. The van der Waals surface area contributed by atoms with Crippen molar-refractivity contribution in [1.29, 1.82) is 0 Å². The fraction of sp³-hybridized carbons (Fsp3) is 0.444. The Balaban J connectivity index is 1.85. The first kappa shape index (κ1) is 17.1. The van der Waals surface area contributed by atoms with E-state index in [1.54, 1.807) is 7.05 Å². The summed E-state index contributed by atoms with van der Waals surface area (Å²) in [7, 11) is 1.76. The van der Waals surface area contributed by atoms with Crippen LogP contribution in [0.1, 0.15) is 41.3 Å². The molecule has 0 fully saturated rings. The molecule has 23 heavy (non-hydrogen) atoms. The summed E-state index contributed by atoms with van der Waals surface area (Å²) in [6.07, 6.45) is 0. The van der Waals surface area contributed by atoms with Crippen molar-refractivity contribution in [1.82, 2.24) is 15.6 Å². The van der Waals surface area contributed by atoms with Crippen LogP contribution in [-0.2, 0) is 6.54 Å². The molecule has 0 aliphatic rings. The first-order valence-electron chi connectivity index (χ1n) is 7.93. The van der Waals surface area contributed by atoms with Crippen LogP contribution in [-0.4, -0.2) is 24.5 Å². The van der Waals surface area contributed by atoms with Crippen molar-refractivity contribution in [3.8, 4) is 0 Å².